The number of urea groups is 1. The standard InChI is InChI=1S/C22H25N5O3/c1-4-29-13-16-6-5-14(2)18(10-16)26-21-24-12-19(30-21)17-9-15(3)25-20(11-17)27-8-7-23-22(27)28/h5-6,9-12H,4,7-8,13H2,1-3H3,(H,23,28)(H,24,26). The average molecular weight is 407 g/mol. The fourth-order valence-corrected chi connectivity index (χ4v) is 3.32. The van der Waals surface area contributed by atoms with E-state index in [2.05, 4.69) is 20.6 Å². The molecule has 156 valence electrons. The number of ether oxygens (including phenoxy) is 1. The van der Waals surface area contributed by atoms with Crippen molar-refractivity contribution >= 4 is 23.6 Å². The van der Waals surface area contributed by atoms with Gasteiger partial charge in [-0.15, -0.1) is 0 Å². The van der Waals surface area contributed by atoms with Gasteiger partial charge in [0, 0.05) is 36.6 Å². The Morgan fingerprint density at radius 1 is 1.27 bits per heavy atom. The number of hydrogen-bond donors (Lipinski definition) is 2. The van der Waals surface area contributed by atoms with Gasteiger partial charge < -0.3 is 19.8 Å². The number of anilines is 3. The molecular weight excluding hydrogens is 382 g/mol. The van der Waals surface area contributed by atoms with Crippen LogP contribution in [0, 0.1) is 13.8 Å². The third-order valence-corrected chi connectivity index (χ3v) is 4.88. The topological polar surface area (TPSA) is 92.5 Å². The largest absolute Gasteiger partial charge is 0.423 e. The second-order valence-electron chi connectivity index (χ2n) is 7.18. The summed E-state index contributed by atoms with van der Waals surface area (Å²) in [4.78, 5) is 22.5. The fraction of sp³-hybridized carbons (Fsp3) is 0.318. The SMILES string of the molecule is CCOCc1ccc(C)c(Nc2ncc(-c3cc(C)nc(N4CCNC4=O)c3)o2)c1. The smallest absolute Gasteiger partial charge is 0.323 e. The van der Waals surface area contributed by atoms with E-state index in [1.54, 1.807) is 11.1 Å². The number of carbonyl (C=O) groups is 1. The third-order valence-electron chi connectivity index (χ3n) is 4.88. The molecule has 0 saturated carbocycles. The van der Waals surface area contributed by atoms with E-state index in [1.165, 1.54) is 0 Å². The van der Waals surface area contributed by atoms with Gasteiger partial charge in [0.1, 0.15) is 5.82 Å². The lowest BCUT2D eigenvalue weighted by atomic mass is 10.1. The van der Waals surface area contributed by atoms with E-state index in [1.807, 2.05) is 51.1 Å². The van der Waals surface area contributed by atoms with Crippen molar-refractivity contribution in [2.45, 2.75) is 27.4 Å². The van der Waals surface area contributed by atoms with Gasteiger partial charge in [-0.05, 0) is 50.1 Å². The van der Waals surface area contributed by atoms with Crippen molar-refractivity contribution < 1.29 is 13.9 Å². The molecule has 3 heterocycles. The number of nitrogens with one attached hydrogen (secondary N) is 2. The number of rotatable bonds is 7. The Kier molecular flexibility index (Phi) is 5.67. The first-order valence-corrected chi connectivity index (χ1v) is 9.98. The van der Waals surface area contributed by atoms with Gasteiger partial charge in [-0.25, -0.2) is 14.8 Å². The zero-order valence-corrected chi connectivity index (χ0v) is 17.4. The number of benzene rings is 1. The Bertz CT molecular complexity index is 1060. The third kappa shape index (κ3) is 4.28. The summed E-state index contributed by atoms with van der Waals surface area (Å²) in [7, 11) is 0. The van der Waals surface area contributed by atoms with E-state index in [0.29, 0.717) is 43.9 Å². The molecule has 4 rings (SSSR count). The molecule has 8 nitrogen and oxygen atoms in total. The second kappa shape index (κ2) is 8.54. The van der Waals surface area contributed by atoms with Gasteiger partial charge in [-0.3, -0.25) is 4.90 Å². The molecule has 1 saturated heterocycles. The number of hydrogen-bond acceptors (Lipinski definition) is 6. The summed E-state index contributed by atoms with van der Waals surface area (Å²) >= 11 is 0. The minimum atomic E-state index is -0.138. The van der Waals surface area contributed by atoms with Crippen molar-refractivity contribution in [3.05, 3.63) is 53.3 Å². The van der Waals surface area contributed by atoms with Crippen LogP contribution in [0.1, 0.15) is 23.7 Å². The lowest BCUT2D eigenvalue weighted by Gasteiger charge is -2.14. The van der Waals surface area contributed by atoms with Crippen molar-refractivity contribution in [1.29, 1.82) is 0 Å². The molecule has 0 bridgehead atoms. The van der Waals surface area contributed by atoms with Crippen molar-refractivity contribution in [2.75, 3.05) is 29.9 Å². The maximum absolute atomic E-state index is 12.0. The molecule has 3 aromatic rings. The summed E-state index contributed by atoms with van der Waals surface area (Å²) in [6.07, 6.45) is 1.67. The van der Waals surface area contributed by atoms with Crippen LogP contribution in [-0.4, -0.2) is 35.7 Å². The number of oxazole rings is 1. The Morgan fingerprint density at radius 2 is 2.13 bits per heavy atom. The monoisotopic (exact) mass is 407 g/mol. The summed E-state index contributed by atoms with van der Waals surface area (Å²) in [5.41, 5.74) is 4.69. The quantitative estimate of drug-likeness (QED) is 0.611. The van der Waals surface area contributed by atoms with E-state index < -0.39 is 0 Å². The van der Waals surface area contributed by atoms with E-state index in [0.717, 1.165) is 28.1 Å². The molecule has 2 amide bonds. The number of carbonyl (C=O) groups excluding carboxylic acids is 1. The highest BCUT2D eigenvalue weighted by molar-refractivity contribution is 5.93. The Hall–Kier alpha value is -3.39. The Balaban J connectivity index is 1.56. The molecule has 30 heavy (non-hydrogen) atoms. The van der Waals surface area contributed by atoms with E-state index in [4.69, 9.17) is 9.15 Å². The van der Waals surface area contributed by atoms with Crippen LogP contribution in [0.5, 0.6) is 0 Å². The molecule has 2 aromatic heterocycles. The van der Waals surface area contributed by atoms with Crippen LogP contribution in [0.2, 0.25) is 0 Å². The maximum atomic E-state index is 12.0. The van der Waals surface area contributed by atoms with E-state index in [-0.39, 0.29) is 6.03 Å². The van der Waals surface area contributed by atoms with Crippen LogP contribution in [0.25, 0.3) is 11.3 Å². The van der Waals surface area contributed by atoms with Gasteiger partial charge in [0.2, 0.25) is 0 Å². The van der Waals surface area contributed by atoms with Crippen molar-refractivity contribution in [2.24, 2.45) is 0 Å². The molecule has 0 spiro atoms. The van der Waals surface area contributed by atoms with Crippen LogP contribution in [0.3, 0.4) is 0 Å². The molecule has 8 heteroatoms. The normalized spacial score (nSPS) is 13.6. The van der Waals surface area contributed by atoms with Crippen molar-refractivity contribution in [1.82, 2.24) is 15.3 Å². The molecule has 0 radical (unpaired) electrons. The van der Waals surface area contributed by atoms with Gasteiger partial charge in [0.25, 0.3) is 6.01 Å². The zero-order valence-electron chi connectivity index (χ0n) is 17.4. The number of pyridine rings is 1. The van der Waals surface area contributed by atoms with Crippen molar-refractivity contribution in [3.63, 3.8) is 0 Å². The highest BCUT2D eigenvalue weighted by Crippen LogP contribution is 2.29. The highest BCUT2D eigenvalue weighted by atomic mass is 16.5. The number of aryl methyl sites for hydroxylation is 2. The van der Waals surface area contributed by atoms with Gasteiger partial charge in [0.05, 0.1) is 12.8 Å². The molecule has 0 atom stereocenters. The van der Waals surface area contributed by atoms with Crippen LogP contribution < -0.4 is 15.5 Å². The van der Waals surface area contributed by atoms with E-state index >= 15 is 0 Å². The summed E-state index contributed by atoms with van der Waals surface area (Å²) < 4.78 is 11.4. The minimum absolute atomic E-state index is 0.138. The number of aromatic nitrogens is 2. The van der Waals surface area contributed by atoms with Gasteiger partial charge in [0.15, 0.2) is 5.76 Å². The van der Waals surface area contributed by atoms with Crippen LogP contribution in [-0.2, 0) is 11.3 Å². The predicted octanol–water partition coefficient (Wildman–Crippen LogP) is 4.16. The lowest BCUT2D eigenvalue weighted by molar-refractivity contribution is 0.134. The van der Waals surface area contributed by atoms with Crippen LogP contribution >= 0.6 is 0 Å². The molecule has 1 fully saturated rings. The molecule has 0 aliphatic carbocycles. The summed E-state index contributed by atoms with van der Waals surface area (Å²) in [5, 5.41) is 6.04. The molecule has 2 N–H and O–H groups in total. The fourth-order valence-electron chi connectivity index (χ4n) is 3.32. The first-order valence-electron chi connectivity index (χ1n) is 9.98. The average Bonchev–Trinajstić information content (AvgIpc) is 3.37. The summed E-state index contributed by atoms with van der Waals surface area (Å²) in [5.74, 6) is 1.21. The van der Waals surface area contributed by atoms with Gasteiger partial charge >= 0.3 is 6.03 Å². The van der Waals surface area contributed by atoms with Gasteiger partial charge in [-0.1, -0.05) is 12.1 Å². The predicted molar refractivity (Wildman–Crippen MR) is 115 cm³/mol. The molecular formula is C22H25N5O3. The van der Waals surface area contributed by atoms with Crippen LogP contribution in [0.15, 0.2) is 40.9 Å². The number of amides is 2. The molecule has 1 aromatic carbocycles. The van der Waals surface area contributed by atoms with E-state index in [9.17, 15) is 4.79 Å². The van der Waals surface area contributed by atoms with Gasteiger partial charge in [-0.2, -0.15) is 0 Å². The van der Waals surface area contributed by atoms with Crippen molar-refractivity contribution in [3.8, 4) is 11.3 Å². The molecule has 1 aliphatic heterocycles. The Labute approximate surface area is 175 Å². The zero-order chi connectivity index (χ0) is 21.1. The van der Waals surface area contributed by atoms with Crippen LogP contribution in [0.4, 0.5) is 22.3 Å². The molecule has 1 aliphatic rings. The summed E-state index contributed by atoms with van der Waals surface area (Å²) in [6.45, 7) is 8.33. The maximum Gasteiger partial charge on any atom is 0.323 e. The first-order chi connectivity index (χ1) is 14.5. The molecule has 0 unspecified atom stereocenters. The first kappa shape index (κ1) is 19.9. The second-order valence-corrected chi connectivity index (χ2v) is 7.18. The minimum Gasteiger partial charge on any atom is -0.423 e. The Morgan fingerprint density at radius 3 is 2.90 bits per heavy atom. The summed E-state index contributed by atoms with van der Waals surface area (Å²) in [6, 6.07) is 10.1. The lowest BCUT2D eigenvalue weighted by Crippen LogP contribution is -2.28. The number of nitrogens with zero attached hydrogens (tertiary/aromatic N) is 3. The highest BCUT2D eigenvalue weighted by Gasteiger charge is 2.23.